The minimum Gasteiger partial charge on any atom is -0.369 e. The maximum atomic E-state index is 15.0. The average Bonchev–Trinajstić information content (AvgIpc) is 3.34. The van der Waals surface area contributed by atoms with Crippen LogP contribution in [0.25, 0.3) is 0 Å². The molecule has 0 amide bonds. The molecule has 0 saturated carbocycles. The average molecular weight is 456 g/mol. The Morgan fingerprint density at radius 2 is 2.10 bits per heavy atom. The minimum absolute atomic E-state index is 0.0614. The summed E-state index contributed by atoms with van der Waals surface area (Å²) in [6.07, 6.45) is 1.39. The minimum atomic E-state index is -4.07. The van der Waals surface area contributed by atoms with E-state index in [-0.39, 0.29) is 16.5 Å². The van der Waals surface area contributed by atoms with Crippen molar-refractivity contribution >= 4 is 50.2 Å². The summed E-state index contributed by atoms with van der Waals surface area (Å²) in [6.45, 7) is 0.0885. The first-order chi connectivity index (χ1) is 13.8. The van der Waals surface area contributed by atoms with E-state index in [0.717, 1.165) is 23.5 Å². The molecule has 1 unspecified atom stereocenters. The Hall–Kier alpha value is -2.56. The summed E-state index contributed by atoms with van der Waals surface area (Å²) in [5, 5.41) is 6.09. The molecule has 3 heterocycles. The normalized spacial score (nSPS) is 15.6. The number of nitrogens with one attached hydrogen (secondary N) is 2. The van der Waals surface area contributed by atoms with Gasteiger partial charge < -0.3 is 5.32 Å². The smallest absolute Gasteiger partial charge is 0.262 e. The largest absolute Gasteiger partial charge is 0.369 e. The molecular formula is C18H12ClF2N3O3S2. The van der Waals surface area contributed by atoms with Gasteiger partial charge in [-0.05, 0) is 29.6 Å². The van der Waals surface area contributed by atoms with E-state index in [1.165, 1.54) is 23.7 Å². The predicted octanol–water partition coefficient (Wildman–Crippen LogP) is 4.27. The first kappa shape index (κ1) is 19.7. The van der Waals surface area contributed by atoms with Crippen LogP contribution in [0.5, 0.6) is 0 Å². The van der Waals surface area contributed by atoms with Crippen LogP contribution >= 0.6 is 22.9 Å². The quantitative estimate of drug-likeness (QED) is 0.561. The van der Waals surface area contributed by atoms with Gasteiger partial charge in [0.25, 0.3) is 10.0 Å². The summed E-state index contributed by atoms with van der Waals surface area (Å²) < 4.78 is 56.2. The Kier molecular flexibility index (Phi) is 5.01. The van der Waals surface area contributed by atoms with Crippen molar-refractivity contribution in [3.8, 4) is 0 Å². The Bertz CT molecular complexity index is 1220. The van der Waals surface area contributed by atoms with Gasteiger partial charge in [0, 0.05) is 23.7 Å². The Morgan fingerprint density at radius 1 is 1.31 bits per heavy atom. The molecule has 2 aromatic heterocycles. The molecule has 3 aromatic rings. The van der Waals surface area contributed by atoms with Crippen molar-refractivity contribution in [2.24, 2.45) is 0 Å². The monoisotopic (exact) mass is 455 g/mol. The highest BCUT2D eigenvalue weighted by atomic mass is 35.5. The summed E-state index contributed by atoms with van der Waals surface area (Å²) in [7, 11) is -4.07. The van der Waals surface area contributed by atoms with E-state index < -0.39 is 44.6 Å². The fraction of sp³-hybridized carbons (Fsp3) is 0.111. The summed E-state index contributed by atoms with van der Waals surface area (Å²) in [5.41, 5.74) is -0.919. The summed E-state index contributed by atoms with van der Waals surface area (Å²) in [6, 6.07) is 4.63. The first-order valence-electron chi connectivity index (χ1n) is 8.24. The van der Waals surface area contributed by atoms with Crippen LogP contribution in [0.2, 0.25) is 5.02 Å². The molecule has 29 heavy (non-hydrogen) atoms. The van der Waals surface area contributed by atoms with E-state index in [1.807, 2.05) is 0 Å². The van der Waals surface area contributed by atoms with Crippen molar-refractivity contribution in [3.63, 3.8) is 0 Å². The van der Waals surface area contributed by atoms with Crippen LogP contribution in [0, 0.1) is 11.6 Å². The number of anilines is 2. The van der Waals surface area contributed by atoms with E-state index in [1.54, 1.807) is 5.38 Å². The Balaban J connectivity index is 1.72. The topological polar surface area (TPSA) is 88.2 Å². The number of Topliss-reactive ketones (excluding diaryl/α,β-unsaturated/α-hetero) is 1. The zero-order chi connectivity index (χ0) is 20.8. The fourth-order valence-corrected chi connectivity index (χ4v) is 5.31. The van der Waals surface area contributed by atoms with Crippen LogP contribution in [-0.4, -0.2) is 25.7 Å². The molecule has 0 saturated heterocycles. The fourth-order valence-electron chi connectivity index (χ4n) is 3.05. The van der Waals surface area contributed by atoms with Gasteiger partial charge in [0.05, 0.1) is 27.1 Å². The van der Waals surface area contributed by atoms with Gasteiger partial charge in [-0.1, -0.05) is 11.6 Å². The van der Waals surface area contributed by atoms with Crippen molar-refractivity contribution in [3.05, 3.63) is 69.0 Å². The zero-order valence-corrected chi connectivity index (χ0v) is 16.8. The number of aromatic nitrogens is 1. The molecule has 1 atom stereocenters. The highest BCUT2D eigenvalue weighted by molar-refractivity contribution is 7.92. The molecular weight excluding hydrogens is 444 g/mol. The lowest BCUT2D eigenvalue weighted by Gasteiger charge is -2.14. The second-order valence-electron chi connectivity index (χ2n) is 6.24. The number of ketones is 1. The lowest BCUT2D eigenvalue weighted by atomic mass is 9.92. The van der Waals surface area contributed by atoms with Crippen LogP contribution < -0.4 is 10.0 Å². The molecule has 1 aliphatic rings. The van der Waals surface area contributed by atoms with Gasteiger partial charge in [0.15, 0.2) is 11.6 Å². The highest BCUT2D eigenvalue weighted by Crippen LogP contribution is 2.36. The van der Waals surface area contributed by atoms with Crippen molar-refractivity contribution in [1.82, 2.24) is 4.98 Å². The summed E-state index contributed by atoms with van der Waals surface area (Å²) >= 11 is 7.08. The molecule has 0 radical (unpaired) electrons. The molecule has 1 aromatic carbocycles. The standard InChI is InChI=1S/C18H12ClF2N3O3S2/c19-9-5-11-12(7-23-18(11)22-6-9)17(25)15-13(20)1-2-14(16(15)21)24-29(26,27)10-3-4-28-8-10/h1-6,8,12,24H,7H2,(H,22,23). The van der Waals surface area contributed by atoms with Crippen molar-refractivity contribution in [2.75, 3.05) is 16.6 Å². The Morgan fingerprint density at radius 3 is 2.83 bits per heavy atom. The molecule has 0 aliphatic carbocycles. The number of nitrogens with zero attached hydrogens (tertiary/aromatic N) is 1. The third-order valence-corrected chi connectivity index (χ3v) is 6.84. The van der Waals surface area contributed by atoms with Crippen LogP contribution in [0.4, 0.5) is 20.3 Å². The summed E-state index contributed by atoms with van der Waals surface area (Å²) in [4.78, 5) is 16.9. The number of pyridine rings is 1. The lowest BCUT2D eigenvalue weighted by Crippen LogP contribution is -2.20. The lowest BCUT2D eigenvalue weighted by molar-refractivity contribution is 0.0958. The third kappa shape index (κ3) is 3.59. The molecule has 11 heteroatoms. The van der Waals surface area contributed by atoms with E-state index in [9.17, 15) is 17.6 Å². The highest BCUT2D eigenvalue weighted by Gasteiger charge is 2.34. The molecule has 6 nitrogen and oxygen atoms in total. The number of carbonyl (C=O) groups excluding carboxylic acids is 1. The molecule has 1 aliphatic heterocycles. The van der Waals surface area contributed by atoms with Gasteiger partial charge in [-0.25, -0.2) is 22.2 Å². The van der Waals surface area contributed by atoms with E-state index in [0.29, 0.717) is 11.4 Å². The second kappa shape index (κ2) is 7.36. The van der Waals surface area contributed by atoms with E-state index >= 15 is 4.39 Å². The number of rotatable bonds is 5. The van der Waals surface area contributed by atoms with Gasteiger partial charge >= 0.3 is 0 Å². The number of sulfonamides is 1. The summed E-state index contributed by atoms with van der Waals surface area (Å²) in [5.74, 6) is -3.72. The van der Waals surface area contributed by atoms with Crippen LogP contribution in [0.3, 0.4) is 0 Å². The number of thiophene rings is 1. The predicted molar refractivity (Wildman–Crippen MR) is 106 cm³/mol. The molecule has 0 bridgehead atoms. The van der Waals surface area contributed by atoms with Crippen LogP contribution in [0.15, 0.2) is 46.1 Å². The number of carbonyl (C=O) groups is 1. The first-order valence-corrected chi connectivity index (χ1v) is 11.0. The van der Waals surface area contributed by atoms with E-state index in [4.69, 9.17) is 11.6 Å². The van der Waals surface area contributed by atoms with E-state index in [2.05, 4.69) is 15.0 Å². The number of benzene rings is 1. The van der Waals surface area contributed by atoms with Gasteiger partial charge in [-0.3, -0.25) is 9.52 Å². The molecule has 4 rings (SSSR count). The maximum Gasteiger partial charge on any atom is 0.262 e. The molecule has 0 fully saturated rings. The number of halogens is 3. The van der Waals surface area contributed by atoms with Gasteiger partial charge in [-0.15, -0.1) is 0 Å². The number of hydrogen-bond donors (Lipinski definition) is 2. The molecule has 2 N–H and O–H groups in total. The third-order valence-electron chi connectivity index (χ3n) is 4.44. The SMILES string of the molecule is O=C(c1c(F)ccc(NS(=O)(=O)c2ccsc2)c1F)C1CNc2ncc(Cl)cc21. The van der Waals surface area contributed by atoms with Crippen molar-refractivity contribution in [1.29, 1.82) is 0 Å². The maximum absolute atomic E-state index is 15.0. The molecule has 0 spiro atoms. The zero-order valence-electron chi connectivity index (χ0n) is 14.4. The van der Waals surface area contributed by atoms with Crippen molar-refractivity contribution in [2.45, 2.75) is 10.8 Å². The number of fused-ring (bicyclic) bond motifs is 1. The van der Waals surface area contributed by atoms with Gasteiger partial charge in [0.2, 0.25) is 0 Å². The van der Waals surface area contributed by atoms with Crippen LogP contribution in [0.1, 0.15) is 21.8 Å². The van der Waals surface area contributed by atoms with Gasteiger partial charge in [0.1, 0.15) is 11.6 Å². The van der Waals surface area contributed by atoms with Gasteiger partial charge in [-0.2, -0.15) is 11.3 Å². The number of hydrogen-bond acceptors (Lipinski definition) is 6. The van der Waals surface area contributed by atoms with Crippen molar-refractivity contribution < 1.29 is 22.0 Å². The second-order valence-corrected chi connectivity index (χ2v) is 9.14. The molecule has 150 valence electrons. The Labute approximate surface area is 173 Å². The van der Waals surface area contributed by atoms with Crippen LogP contribution in [-0.2, 0) is 10.0 Å².